The van der Waals surface area contributed by atoms with Crippen LogP contribution in [0.1, 0.15) is 19.4 Å². The lowest BCUT2D eigenvalue weighted by atomic mass is 10.2. The molecule has 0 aliphatic rings. The number of benzene rings is 1. The molecule has 0 fully saturated rings. The molecule has 14 heavy (non-hydrogen) atoms. The topological polar surface area (TPSA) is 34.1 Å². The number of hydrogen-bond acceptors (Lipinski definition) is 2. The standard InChI is InChI=1S/C10H13BrO2S/c1-8(2)14(12,13)10-5-3-9(7-11)4-6-10/h3-6,8H,7H2,1-2H3. The molecular formula is C10H13BrO2S. The number of alkyl halides is 1. The molecule has 4 heteroatoms. The first kappa shape index (κ1) is 11.7. The van der Waals surface area contributed by atoms with Crippen molar-refractivity contribution in [3.63, 3.8) is 0 Å². The molecule has 0 aliphatic heterocycles. The van der Waals surface area contributed by atoms with Crippen LogP contribution >= 0.6 is 15.9 Å². The Morgan fingerprint density at radius 2 is 1.71 bits per heavy atom. The van der Waals surface area contributed by atoms with E-state index in [4.69, 9.17) is 0 Å². The van der Waals surface area contributed by atoms with Crippen molar-refractivity contribution in [2.24, 2.45) is 0 Å². The molecule has 0 unspecified atom stereocenters. The third-order valence-corrected chi connectivity index (χ3v) is 4.84. The summed E-state index contributed by atoms with van der Waals surface area (Å²) in [5.74, 6) is 0. The quantitative estimate of drug-likeness (QED) is 0.796. The molecule has 0 saturated heterocycles. The fraction of sp³-hybridized carbons (Fsp3) is 0.400. The van der Waals surface area contributed by atoms with Crippen LogP contribution in [-0.4, -0.2) is 13.7 Å². The van der Waals surface area contributed by atoms with Gasteiger partial charge in [0.25, 0.3) is 0 Å². The van der Waals surface area contributed by atoms with E-state index >= 15 is 0 Å². The van der Waals surface area contributed by atoms with E-state index in [0.29, 0.717) is 4.90 Å². The maximum atomic E-state index is 11.7. The molecule has 0 N–H and O–H groups in total. The maximum Gasteiger partial charge on any atom is 0.180 e. The van der Waals surface area contributed by atoms with Crippen LogP contribution in [0, 0.1) is 0 Å². The third-order valence-electron chi connectivity index (χ3n) is 2.03. The van der Waals surface area contributed by atoms with Gasteiger partial charge in [0.05, 0.1) is 10.1 Å². The van der Waals surface area contributed by atoms with E-state index in [2.05, 4.69) is 15.9 Å². The lowest BCUT2D eigenvalue weighted by Crippen LogP contribution is -2.13. The van der Waals surface area contributed by atoms with Gasteiger partial charge in [0, 0.05) is 5.33 Å². The van der Waals surface area contributed by atoms with Crippen LogP contribution in [0.15, 0.2) is 29.2 Å². The Balaban J connectivity index is 3.10. The van der Waals surface area contributed by atoms with Crippen LogP contribution in [0.2, 0.25) is 0 Å². The summed E-state index contributed by atoms with van der Waals surface area (Å²) in [6, 6.07) is 6.96. The summed E-state index contributed by atoms with van der Waals surface area (Å²) in [5.41, 5.74) is 1.08. The highest BCUT2D eigenvalue weighted by molar-refractivity contribution is 9.08. The van der Waals surface area contributed by atoms with E-state index in [-0.39, 0.29) is 5.25 Å². The van der Waals surface area contributed by atoms with Gasteiger partial charge < -0.3 is 0 Å². The maximum absolute atomic E-state index is 11.7. The summed E-state index contributed by atoms with van der Waals surface area (Å²) in [7, 11) is -3.12. The van der Waals surface area contributed by atoms with Crippen LogP contribution in [-0.2, 0) is 15.2 Å². The lowest BCUT2D eigenvalue weighted by molar-refractivity contribution is 0.587. The fourth-order valence-electron chi connectivity index (χ4n) is 1.04. The van der Waals surface area contributed by atoms with Gasteiger partial charge in [-0.1, -0.05) is 28.1 Å². The fourth-order valence-corrected chi connectivity index (χ4v) is 2.47. The molecule has 0 radical (unpaired) electrons. The minimum atomic E-state index is -3.12. The number of sulfone groups is 1. The van der Waals surface area contributed by atoms with Crippen LogP contribution in [0.4, 0.5) is 0 Å². The molecule has 0 heterocycles. The van der Waals surface area contributed by atoms with Crippen molar-refractivity contribution in [2.75, 3.05) is 0 Å². The van der Waals surface area contributed by atoms with E-state index in [0.717, 1.165) is 10.9 Å². The Bertz CT molecular complexity index is 393. The summed E-state index contributed by atoms with van der Waals surface area (Å²) in [4.78, 5) is 0.400. The first-order valence-electron chi connectivity index (χ1n) is 4.37. The number of hydrogen-bond donors (Lipinski definition) is 0. The average Bonchev–Trinajstić information content (AvgIpc) is 2.17. The van der Waals surface area contributed by atoms with Gasteiger partial charge in [-0.15, -0.1) is 0 Å². The molecule has 1 aromatic rings. The minimum Gasteiger partial charge on any atom is -0.223 e. The predicted octanol–water partition coefficient (Wildman–Crippen LogP) is 2.76. The van der Waals surface area contributed by atoms with Crippen LogP contribution in [0.3, 0.4) is 0 Å². The molecule has 0 saturated carbocycles. The molecule has 0 aromatic heterocycles. The molecule has 0 amide bonds. The largest absolute Gasteiger partial charge is 0.223 e. The second-order valence-corrected chi connectivity index (χ2v) is 6.44. The Morgan fingerprint density at radius 1 is 1.21 bits per heavy atom. The highest BCUT2D eigenvalue weighted by Gasteiger charge is 2.18. The van der Waals surface area contributed by atoms with Gasteiger partial charge in [-0.05, 0) is 31.5 Å². The molecule has 78 valence electrons. The van der Waals surface area contributed by atoms with E-state index in [9.17, 15) is 8.42 Å². The smallest absolute Gasteiger partial charge is 0.180 e. The lowest BCUT2D eigenvalue weighted by Gasteiger charge is -2.07. The highest BCUT2D eigenvalue weighted by Crippen LogP contribution is 2.17. The monoisotopic (exact) mass is 276 g/mol. The van der Waals surface area contributed by atoms with E-state index in [1.807, 2.05) is 12.1 Å². The highest BCUT2D eigenvalue weighted by atomic mass is 79.9. The van der Waals surface area contributed by atoms with Crippen LogP contribution in [0.5, 0.6) is 0 Å². The molecular weight excluding hydrogens is 264 g/mol. The van der Waals surface area contributed by atoms with Gasteiger partial charge in [-0.2, -0.15) is 0 Å². The van der Waals surface area contributed by atoms with Crippen molar-refractivity contribution in [3.05, 3.63) is 29.8 Å². The number of halogens is 1. The van der Waals surface area contributed by atoms with E-state index in [1.54, 1.807) is 26.0 Å². The van der Waals surface area contributed by atoms with Gasteiger partial charge in [0.1, 0.15) is 0 Å². The van der Waals surface area contributed by atoms with Crippen molar-refractivity contribution in [1.29, 1.82) is 0 Å². The first-order chi connectivity index (χ1) is 6.48. The summed E-state index contributed by atoms with van der Waals surface area (Å²) in [5, 5.41) is 0.381. The van der Waals surface area contributed by atoms with Gasteiger partial charge >= 0.3 is 0 Å². The van der Waals surface area contributed by atoms with Crippen molar-refractivity contribution in [1.82, 2.24) is 0 Å². The van der Waals surface area contributed by atoms with E-state index < -0.39 is 9.84 Å². The normalized spacial score (nSPS) is 12.0. The molecule has 2 nitrogen and oxygen atoms in total. The Hall–Kier alpha value is -0.350. The van der Waals surface area contributed by atoms with Gasteiger partial charge in [0.2, 0.25) is 0 Å². The Labute approximate surface area is 93.4 Å². The minimum absolute atomic E-state index is 0.364. The first-order valence-corrected chi connectivity index (χ1v) is 7.04. The summed E-state index contributed by atoms with van der Waals surface area (Å²) < 4.78 is 23.4. The van der Waals surface area contributed by atoms with Crippen molar-refractivity contribution >= 4 is 25.8 Å². The van der Waals surface area contributed by atoms with Gasteiger partial charge in [0.15, 0.2) is 9.84 Å². The molecule has 1 rings (SSSR count). The van der Waals surface area contributed by atoms with Crippen molar-refractivity contribution in [3.8, 4) is 0 Å². The predicted molar refractivity (Wildman–Crippen MR) is 61.4 cm³/mol. The third kappa shape index (κ3) is 2.36. The number of rotatable bonds is 3. The van der Waals surface area contributed by atoms with E-state index in [1.165, 1.54) is 0 Å². The second-order valence-electron chi connectivity index (χ2n) is 3.37. The van der Waals surface area contributed by atoms with Gasteiger partial charge in [-0.25, -0.2) is 8.42 Å². The summed E-state index contributed by atoms with van der Waals surface area (Å²) >= 11 is 3.31. The zero-order chi connectivity index (χ0) is 10.8. The van der Waals surface area contributed by atoms with Crippen molar-refractivity contribution < 1.29 is 8.42 Å². The molecule has 0 bridgehead atoms. The average molecular weight is 277 g/mol. The molecule has 0 spiro atoms. The second kappa shape index (κ2) is 4.45. The zero-order valence-corrected chi connectivity index (χ0v) is 10.6. The zero-order valence-electron chi connectivity index (χ0n) is 8.20. The summed E-state index contributed by atoms with van der Waals surface area (Å²) in [6.07, 6.45) is 0. The SMILES string of the molecule is CC(C)S(=O)(=O)c1ccc(CBr)cc1. The Kier molecular flexibility index (Phi) is 3.72. The molecule has 0 atom stereocenters. The van der Waals surface area contributed by atoms with Crippen LogP contribution < -0.4 is 0 Å². The molecule has 1 aromatic carbocycles. The summed E-state index contributed by atoms with van der Waals surface area (Å²) in [6.45, 7) is 3.38. The molecule has 0 aliphatic carbocycles. The van der Waals surface area contributed by atoms with Gasteiger partial charge in [-0.3, -0.25) is 0 Å². The Morgan fingerprint density at radius 3 is 2.07 bits per heavy atom. The van der Waals surface area contributed by atoms with Crippen LogP contribution in [0.25, 0.3) is 0 Å². The van der Waals surface area contributed by atoms with Crippen molar-refractivity contribution in [2.45, 2.75) is 29.3 Å².